The molecule has 4 nitrogen and oxygen atoms in total. The van der Waals surface area contributed by atoms with Crippen LogP contribution in [0.5, 0.6) is 0 Å². The van der Waals surface area contributed by atoms with Gasteiger partial charge in [-0.2, -0.15) is 0 Å². The molecule has 31 heavy (non-hydrogen) atoms. The van der Waals surface area contributed by atoms with Gasteiger partial charge in [-0.1, -0.05) is 48.5 Å². The summed E-state index contributed by atoms with van der Waals surface area (Å²) < 4.78 is 1.06. The summed E-state index contributed by atoms with van der Waals surface area (Å²) in [5.41, 5.74) is 4.69. The van der Waals surface area contributed by atoms with Gasteiger partial charge >= 0.3 is 0 Å². The minimum Gasteiger partial charge on any atom is -0.395 e. The van der Waals surface area contributed by atoms with Gasteiger partial charge in [0.05, 0.1) is 29.5 Å². The van der Waals surface area contributed by atoms with E-state index in [1.54, 1.807) is 0 Å². The second kappa shape index (κ2) is 6.50. The van der Waals surface area contributed by atoms with Crippen molar-refractivity contribution in [3.05, 3.63) is 98.1 Å². The number of aliphatic hydroxyl groups excluding tert-OH is 1. The Kier molecular flexibility index (Phi) is 4.02. The maximum absolute atomic E-state index is 14.0. The van der Waals surface area contributed by atoms with Gasteiger partial charge in [-0.05, 0) is 75.5 Å². The van der Waals surface area contributed by atoms with Crippen molar-refractivity contribution in [1.82, 2.24) is 0 Å². The second-order valence-corrected chi connectivity index (χ2v) is 9.97. The van der Waals surface area contributed by atoms with Crippen LogP contribution >= 0.6 is 22.6 Å². The number of anilines is 1. The molecule has 154 valence electrons. The Hall–Kier alpha value is -2.51. The molecule has 1 saturated heterocycles. The van der Waals surface area contributed by atoms with E-state index in [1.807, 2.05) is 73.7 Å². The van der Waals surface area contributed by atoms with Gasteiger partial charge in [0.2, 0.25) is 11.8 Å². The van der Waals surface area contributed by atoms with Gasteiger partial charge in [0.15, 0.2) is 0 Å². The molecule has 5 heteroatoms. The number of aliphatic hydroxyl groups is 1. The van der Waals surface area contributed by atoms with E-state index >= 15 is 0 Å². The molecule has 7 rings (SSSR count). The number of carbonyl (C=O) groups is 2. The van der Waals surface area contributed by atoms with Crippen molar-refractivity contribution < 1.29 is 14.7 Å². The van der Waals surface area contributed by atoms with Crippen molar-refractivity contribution in [1.29, 1.82) is 0 Å². The zero-order chi connectivity index (χ0) is 21.5. The SMILES string of the molecule is Cc1cc(I)ccc1N1C(=O)[C@@H]2C3c4ccccc4C(CO)(c4ccccc43)[C@H]2C1=O. The minimum absolute atomic E-state index is 0.161. The maximum Gasteiger partial charge on any atom is 0.239 e. The number of benzene rings is 3. The van der Waals surface area contributed by atoms with E-state index in [2.05, 4.69) is 22.6 Å². The van der Waals surface area contributed by atoms with Gasteiger partial charge in [0.25, 0.3) is 0 Å². The van der Waals surface area contributed by atoms with Gasteiger partial charge in [-0.3, -0.25) is 9.59 Å². The van der Waals surface area contributed by atoms with Crippen molar-refractivity contribution >= 4 is 40.1 Å². The summed E-state index contributed by atoms with van der Waals surface area (Å²) in [6.07, 6.45) is 0. The first-order valence-electron chi connectivity index (χ1n) is 10.4. The first-order valence-corrected chi connectivity index (χ1v) is 11.5. The van der Waals surface area contributed by atoms with E-state index in [4.69, 9.17) is 0 Å². The molecular weight excluding hydrogens is 501 g/mol. The van der Waals surface area contributed by atoms with Gasteiger partial charge in [0, 0.05) is 9.49 Å². The zero-order valence-electron chi connectivity index (χ0n) is 16.9. The Morgan fingerprint density at radius 3 is 2.13 bits per heavy atom. The highest BCUT2D eigenvalue weighted by molar-refractivity contribution is 14.1. The fraction of sp³-hybridized carbons (Fsp3) is 0.231. The molecule has 4 aliphatic rings. The highest BCUT2D eigenvalue weighted by atomic mass is 127. The normalized spacial score (nSPS) is 27.8. The van der Waals surface area contributed by atoms with Crippen molar-refractivity contribution in [3.63, 3.8) is 0 Å². The third-order valence-electron chi connectivity index (χ3n) is 7.44. The highest BCUT2D eigenvalue weighted by Gasteiger charge is 2.68. The van der Waals surface area contributed by atoms with Gasteiger partial charge in [0.1, 0.15) is 0 Å². The first-order chi connectivity index (χ1) is 15.0. The van der Waals surface area contributed by atoms with Crippen molar-refractivity contribution in [2.75, 3.05) is 11.5 Å². The number of hydrogen-bond acceptors (Lipinski definition) is 3. The third kappa shape index (κ3) is 2.23. The van der Waals surface area contributed by atoms with Crippen LogP contribution in [-0.2, 0) is 15.0 Å². The highest BCUT2D eigenvalue weighted by Crippen LogP contribution is 2.64. The molecule has 3 aliphatic carbocycles. The average molecular weight is 521 g/mol. The van der Waals surface area contributed by atoms with Crippen LogP contribution in [0, 0.1) is 22.3 Å². The second-order valence-electron chi connectivity index (χ2n) is 8.73. The van der Waals surface area contributed by atoms with Crippen LogP contribution in [0.25, 0.3) is 0 Å². The largest absolute Gasteiger partial charge is 0.395 e. The number of aryl methyl sites for hydroxylation is 1. The van der Waals surface area contributed by atoms with Crippen LogP contribution in [0.15, 0.2) is 66.7 Å². The third-order valence-corrected chi connectivity index (χ3v) is 8.11. The molecule has 2 bridgehead atoms. The monoisotopic (exact) mass is 521 g/mol. The Morgan fingerprint density at radius 2 is 1.55 bits per heavy atom. The predicted octanol–water partition coefficient (Wildman–Crippen LogP) is 4.14. The molecule has 1 aliphatic heterocycles. The maximum atomic E-state index is 14.0. The predicted molar refractivity (Wildman–Crippen MR) is 126 cm³/mol. The molecule has 0 spiro atoms. The molecule has 1 N–H and O–H groups in total. The lowest BCUT2D eigenvalue weighted by atomic mass is 9.47. The number of halogens is 1. The summed E-state index contributed by atoms with van der Waals surface area (Å²) in [6, 6.07) is 21.8. The van der Waals surface area contributed by atoms with Gasteiger partial charge < -0.3 is 5.11 Å². The van der Waals surface area contributed by atoms with Crippen molar-refractivity contribution in [3.8, 4) is 0 Å². The lowest BCUT2D eigenvalue weighted by molar-refractivity contribution is -0.124. The first kappa shape index (κ1) is 19.2. The van der Waals surface area contributed by atoms with E-state index in [-0.39, 0.29) is 24.3 Å². The van der Waals surface area contributed by atoms with E-state index < -0.39 is 17.3 Å². The van der Waals surface area contributed by atoms with Gasteiger partial charge in [-0.25, -0.2) is 4.90 Å². The number of hydrogen-bond donors (Lipinski definition) is 1. The Morgan fingerprint density at radius 1 is 0.935 bits per heavy atom. The molecule has 2 amide bonds. The summed E-state index contributed by atoms with van der Waals surface area (Å²) in [5, 5.41) is 10.9. The number of nitrogens with zero attached hydrogens (tertiary/aromatic N) is 1. The number of carbonyl (C=O) groups excluding carboxylic acids is 2. The average Bonchev–Trinajstić information content (AvgIpc) is 3.05. The van der Waals surface area contributed by atoms with Crippen LogP contribution in [0.2, 0.25) is 0 Å². The van der Waals surface area contributed by atoms with Crippen LogP contribution < -0.4 is 4.90 Å². The quantitative estimate of drug-likeness (QED) is 0.408. The van der Waals surface area contributed by atoms with Gasteiger partial charge in [-0.15, -0.1) is 0 Å². The molecule has 1 heterocycles. The summed E-state index contributed by atoms with van der Waals surface area (Å²) in [4.78, 5) is 29.2. The Balaban J connectivity index is 1.64. The lowest BCUT2D eigenvalue weighted by Gasteiger charge is -2.53. The van der Waals surface area contributed by atoms with Crippen LogP contribution in [0.4, 0.5) is 5.69 Å². The van der Waals surface area contributed by atoms with E-state index in [9.17, 15) is 14.7 Å². The van der Waals surface area contributed by atoms with E-state index in [0.29, 0.717) is 5.69 Å². The molecule has 0 radical (unpaired) electrons. The number of amides is 2. The standard InChI is InChI=1S/C26H20INO3/c1-14-12-15(27)10-11-20(14)28-24(30)22-21-16-6-2-4-8-18(16)26(13-29,23(22)25(28)31)19-9-5-3-7-17(19)21/h2-12,21-23,29H,13H2,1H3/t21?,22-,23-,26?/m1/s1. The summed E-state index contributed by atoms with van der Waals surface area (Å²) in [6.45, 7) is 1.72. The molecular formula is C26H20INO3. The van der Waals surface area contributed by atoms with Crippen LogP contribution in [-0.4, -0.2) is 23.5 Å². The topological polar surface area (TPSA) is 57.6 Å². The fourth-order valence-corrected chi connectivity index (χ4v) is 6.95. The summed E-state index contributed by atoms with van der Waals surface area (Å²) in [7, 11) is 0. The number of rotatable bonds is 2. The Bertz CT molecular complexity index is 1240. The van der Waals surface area contributed by atoms with Crippen LogP contribution in [0.1, 0.15) is 33.7 Å². The summed E-state index contributed by atoms with van der Waals surface area (Å²) in [5.74, 6) is -1.67. The van der Waals surface area contributed by atoms with Crippen molar-refractivity contribution in [2.24, 2.45) is 11.8 Å². The smallest absolute Gasteiger partial charge is 0.239 e. The number of imide groups is 1. The van der Waals surface area contributed by atoms with Crippen LogP contribution in [0.3, 0.4) is 0 Å². The zero-order valence-corrected chi connectivity index (χ0v) is 19.0. The molecule has 1 fully saturated rings. The lowest BCUT2D eigenvalue weighted by Crippen LogP contribution is -2.55. The molecule has 2 atom stereocenters. The molecule has 0 unspecified atom stereocenters. The van der Waals surface area contributed by atoms with Crippen molar-refractivity contribution in [2.45, 2.75) is 18.3 Å². The van der Waals surface area contributed by atoms with E-state index in [1.165, 1.54) is 4.90 Å². The molecule has 0 aromatic heterocycles. The Labute approximate surface area is 194 Å². The summed E-state index contributed by atoms with van der Waals surface area (Å²) >= 11 is 2.23. The molecule has 3 aromatic rings. The fourth-order valence-electron chi connectivity index (χ4n) is 6.30. The molecule has 0 saturated carbocycles. The minimum atomic E-state index is -0.912. The molecule has 3 aromatic carbocycles. The van der Waals surface area contributed by atoms with E-state index in [0.717, 1.165) is 31.4 Å².